The standard InChI is InChI=1S/C17H22N2O/c1-2-14-9-5-6-10-15(14)16(20)19-17(13-18)11-7-3-4-8-12-17/h5-6,9-10H,2-4,7-8,11-12H2,1H3,(H,19,20). The highest BCUT2D eigenvalue weighted by atomic mass is 16.1. The van der Waals surface area contributed by atoms with Gasteiger partial charge in [0.05, 0.1) is 6.07 Å². The summed E-state index contributed by atoms with van der Waals surface area (Å²) >= 11 is 0. The van der Waals surface area contributed by atoms with E-state index in [0.717, 1.165) is 50.5 Å². The fourth-order valence-electron chi connectivity index (χ4n) is 2.93. The highest BCUT2D eigenvalue weighted by molar-refractivity contribution is 5.96. The Morgan fingerprint density at radius 1 is 1.25 bits per heavy atom. The maximum absolute atomic E-state index is 12.5. The zero-order valence-corrected chi connectivity index (χ0v) is 12.1. The molecule has 1 N–H and O–H groups in total. The molecule has 0 aliphatic heterocycles. The Balaban J connectivity index is 2.19. The van der Waals surface area contributed by atoms with E-state index in [4.69, 9.17) is 0 Å². The minimum absolute atomic E-state index is 0.106. The van der Waals surface area contributed by atoms with E-state index >= 15 is 0 Å². The van der Waals surface area contributed by atoms with Gasteiger partial charge < -0.3 is 5.32 Å². The van der Waals surface area contributed by atoms with Gasteiger partial charge in [0, 0.05) is 5.56 Å². The predicted octanol–water partition coefficient (Wildman–Crippen LogP) is 3.60. The van der Waals surface area contributed by atoms with Gasteiger partial charge in [0.2, 0.25) is 0 Å². The van der Waals surface area contributed by atoms with E-state index in [1.807, 2.05) is 31.2 Å². The second-order valence-corrected chi connectivity index (χ2v) is 5.57. The number of nitrogens with one attached hydrogen (secondary N) is 1. The summed E-state index contributed by atoms with van der Waals surface area (Å²) in [7, 11) is 0. The molecule has 1 amide bonds. The molecular weight excluding hydrogens is 248 g/mol. The number of rotatable bonds is 3. The van der Waals surface area contributed by atoms with Gasteiger partial charge in [0.1, 0.15) is 5.54 Å². The summed E-state index contributed by atoms with van der Waals surface area (Å²) in [5.74, 6) is -0.106. The molecule has 2 rings (SSSR count). The molecule has 20 heavy (non-hydrogen) atoms. The van der Waals surface area contributed by atoms with Crippen LogP contribution in [0.2, 0.25) is 0 Å². The summed E-state index contributed by atoms with van der Waals surface area (Å²) in [6.45, 7) is 2.04. The van der Waals surface area contributed by atoms with Gasteiger partial charge in [-0.15, -0.1) is 0 Å². The Hall–Kier alpha value is -1.82. The summed E-state index contributed by atoms with van der Waals surface area (Å²) in [5.41, 5.74) is 1.06. The quantitative estimate of drug-likeness (QED) is 0.853. The van der Waals surface area contributed by atoms with Crippen LogP contribution in [0.4, 0.5) is 0 Å². The van der Waals surface area contributed by atoms with Gasteiger partial charge in [0.15, 0.2) is 0 Å². The second-order valence-electron chi connectivity index (χ2n) is 5.57. The fourth-order valence-corrected chi connectivity index (χ4v) is 2.93. The van der Waals surface area contributed by atoms with Gasteiger partial charge in [0.25, 0.3) is 5.91 Å². The zero-order chi connectivity index (χ0) is 14.4. The monoisotopic (exact) mass is 270 g/mol. The van der Waals surface area contributed by atoms with Crippen LogP contribution in [0, 0.1) is 11.3 Å². The lowest BCUT2D eigenvalue weighted by Crippen LogP contribution is -2.47. The predicted molar refractivity (Wildman–Crippen MR) is 79.3 cm³/mol. The number of carbonyl (C=O) groups excluding carboxylic acids is 1. The van der Waals surface area contributed by atoms with E-state index in [1.54, 1.807) is 0 Å². The first-order valence-corrected chi connectivity index (χ1v) is 7.52. The molecule has 3 heteroatoms. The Morgan fingerprint density at radius 3 is 2.50 bits per heavy atom. The van der Waals surface area contributed by atoms with Gasteiger partial charge >= 0.3 is 0 Å². The van der Waals surface area contributed by atoms with Crippen molar-refractivity contribution >= 4 is 5.91 Å². The van der Waals surface area contributed by atoms with Crippen molar-refractivity contribution in [1.82, 2.24) is 5.32 Å². The summed E-state index contributed by atoms with van der Waals surface area (Å²) in [5, 5.41) is 12.5. The molecule has 1 aromatic carbocycles. The molecule has 0 bridgehead atoms. The van der Waals surface area contributed by atoms with Gasteiger partial charge in [-0.25, -0.2) is 0 Å². The SMILES string of the molecule is CCc1ccccc1C(=O)NC1(C#N)CCCCCC1. The van der Waals surface area contributed by atoms with Gasteiger partial charge in [-0.3, -0.25) is 4.79 Å². The van der Waals surface area contributed by atoms with E-state index < -0.39 is 5.54 Å². The average Bonchev–Trinajstić information content (AvgIpc) is 2.73. The molecular formula is C17H22N2O. The highest BCUT2D eigenvalue weighted by Gasteiger charge is 2.33. The van der Waals surface area contributed by atoms with Crippen LogP contribution in [0.15, 0.2) is 24.3 Å². The van der Waals surface area contributed by atoms with E-state index in [1.165, 1.54) is 0 Å². The molecule has 1 aliphatic rings. The third kappa shape index (κ3) is 3.19. The van der Waals surface area contributed by atoms with E-state index in [9.17, 15) is 10.1 Å². The van der Waals surface area contributed by atoms with Crippen molar-refractivity contribution in [2.24, 2.45) is 0 Å². The molecule has 0 saturated heterocycles. The Labute approximate surface area is 121 Å². The lowest BCUT2D eigenvalue weighted by atomic mass is 9.91. The number of nitriles is 1. The fraction of sp³-hybridized carbons (Fsp3) is 0.529. The number of amides is 1. The van der Waals surface area contributed by atoms with Crippen LogP contribution < -0.4 is 5.32 Å². The molecule has 0 heterocycles. The number of hydrogen-bond donors (Lipinski definition) is 1. The molecule has 1 fully saturated rings. The number of aryl methyl sites for hydroxylation is 1. The molecule has 0 radical (unpaired) electrons. The van der Waals surface area contributed by atoms with E-state index in [0.29, 0.717) is 5.56 Å². The Morgan fingerprint density at radius 2 is 1.90 bits per heavy atom. The first-order valence-electron chi connectivity index (χ1n) is 7.52. The molecule has 1 saturated carbocycles. The third-order valence-electron chi connectivity index (χ3n) is 4.17. The van der Waals surface area contributed by atoms with Crippen LogP contribution in [-0.4, -0.2) is 11.4 Å². The van der Waals surface area contributed by atoms with Crippen molar-refractivity contribution in [3.63, 3.8) is 0 Å². The van der Waals surface area contributed by atoms with Crippen LogP contribution in [0.1, 0.15) is 61.4 Å². The molecule has 0 atom stereocenters. The summed E-state index contributed by atoms with van der Waals surface area (Å²) in [4.78, 5) is 12.5. The minimum Gasteiger partial charge on any atom is -0.334 e. The number of hydrogen-bond acceptors (Lipinski definition) is 2. The minimum atomic E-state index is -0.672. The lowest BCUT2D eigenvalue weighted by Gasteiger charge is -2.26. The molecule has 0 unspecified atom stereocenters. The Bertz CT molecular complexity index is 508. The number of carbonyl (C=O) groups is 1. The summed E-state index contributed by atoms with van der Waals surface area (Å²) < 4.78 is 0. The van der Waals surface area contributed by atoms with Crippen molar-refractivity contribution in [3.8, 4) is 6.07 Å². The summed E-state index contributed by atoms with van der Waals surface area (Å²) in [6, 6.07) is 10.0. The van der Waals surface area contributed by atoms with Gasteiger partial charge in [-0.1, -0.05) is 50.8 Å². The zero-order valence-electron chi connectivity index (χ0n) is 12.1. The highest BCUT2D eigenvalue weighted by Crippen LogP contribution is 2.27. The number of benzene rings is 1. The van der Waals surface area contributed by atoms with E-state index in [2.05, 4.69) is 11.4 Å². The molecule has 0 aromatic heterocycles. The molecule has 106 valence electrons. The largest absolute Gasteiger partial charge is 0.334 e. The van der Waals surface area contributed by atoms with Crippen LogP contribution in [0.5, 0.6) is 0 Å². The Kier molecular flexibility index (Phi) is 4.79. The normalized spacial score (nSPS) is 17.8. The van der Waals surface area contributed by atoms with Crippen molar-refractivity contribution in [2.75, 3.05) is 0 Å². The van der Waals surface area contributed by atoms with Crippen LogP contribution in [0.25, 0.3) is 0 Å². The van der Waals surface area contributed by atoms with Crippen molar-refractivity contribution in [1.29, 1.82) is 5.26 Å². The lowest BCUT2D eigenvalue weighted by molar-refractivity contribution is 0.0912. The molecule has 1 aliphatic carbocycles. The van der Waals surface area contributed by atoms with Crippen LogP contribution in [-0.2, 0) is 6.42 Å². The third-order valence-corrected chi connectivity index (χ3v) is 4.17. The van der Waals surface area contributed by atoms with Crippen LogP contribution in [0.3, 0.4) is 0 Å². The average molecular weight is 270 g/mol. The smallest absolute Gasteiger partial charge is 0.252 e. The first kappa shape index (κ1) is 14.6. The maximum Gasteiger partial charge on any atom is 0.252 e. The molecule has 1 aromatic rings. The first-order chi connectivity index (χ1) is 9.71. The molecule has 0 spiro atoms. The topological polar surface area (TPSA) is 52.9 Å². The van der Waals surface area contributed by atoms with Crippen LogP contribution >= 0.6 is 0 Å². The van der Waals surface area contributed by atoms with Gasteiger partial charge in [-0.05, 0) is 30.9 Å². The van der Waals surface area contributed by atoms with Crippen molar-refractivity contribution in [3.05, 3.63) is 35.4 Å². The maximum atomic E-state index is 12.5. The number of nitrogens with zero attached hydrogens (tertiary/aromatic N) is 1. The van der Waals surface area contributed by atoms with Gasteiger partial charge in [-0.2, -0.15) is 5.26 Å². The van der Waals surface area contributed by atoms with Crippen molar-refractivity contribution < 1.29 is 4.79 Å². The second kappa shape index (κ2) is 6.56. The van der Waals surface area contributed by atoms with E-state index in [-0.39, 0.29) is 5.91 Å². The van der Waals surface area contributed by atoms with Crippen molar-refractivity contribution in [2.45, 2.75) is 57.4 Å². The summed E-state index contributed by atoms with van der Waals surface area (Å²) in [6.07, 6.45) is 6.71. The molecule has 3 nitrogen and oxygen atoms in total.